The van der Waals surface area contributed by atoms with Gasteiger partial charge in [0.1, 0.15) is 0 Å². The summed E-state index contributed by atoms with van der Waals surface area (Å²) >= 11 is 0. The molecule has 3 nitrogen and oxygen atoms in total. The Balaban J connectivity index is 1.58. The average molecular weight is 279 g/mol. The van der Waals surface area contributed by atoms with E-state index in [0.717, 1.165) is 24.2 Å². The van der Waals surface area contributed by atoms with Gasteiger partial charge in [-0.2, -0.15) is 0 Å². The molecule has 4 aliphatic rings. The molecule has 3 heteroatoms. The van der Waals surface area contributed by atoms with Gasteiger partial charge >= 0.3 is 0 Å². The van der Waals surface area contributed by atoms with E-state index in [1.165, 1.54) is 38.5 Å². The Labute approximate surface area is 122 Å². The van der Waals surface area contributed by atoms with Gasteiger partial charge in [0.05, 0.1) is 6.10 Å². The van der Waals surface area contributed by atoms with Crippen LogP contribution in [0.1, 0.15) is 58.3 Å². The average Bonchev–Trinajstić information content (AvgIpc) is 2.33. The molecule has 0 aromatic heterocycles. The van der Waals surface area contributed by atoms with Crippen LogP contribution in [-0.2, 0) is 4.79 Å². The van der Waals surface area contributed by atoms with Crippen molar-refractivity contribution in [2.75, 3.05) is 13.6 Å². The minimum Gasteiger partial charge on any atom is -0.393 e. The van der Waals surface area contributed by atoms with Gasteiger partial charge in [-0.05, 0) is 75.0 Å². The molecule has 4 aliphatic carbocycles. The summed E-state index contributed by atoms with van der Waals surface area (Å²) in [5.41, 5.74) is 0.338. The summed E-state index contributed by atoms with van der Waals surface area (Å²) in [6.07, 6.45) is 9.33. The molecule has 4 rings (SSSR count). The molecule has 0 aromatic rings. The van der Waals surface area contributed by atoms with Crippen LogP contribution in [0, 0.1) is 23.2 Å². The number of aliphatic hydroxyl groups is 1. The molecule has 4 bridgehead atoms. The normalized spacial score (nSPS) is 39.9. The van der Waals surface area contributed by atoms with Crippen molar-refractivity contribution in [3.05, 3.63) is 0 Å². The number of aliphatic hydroxyl groups excluding tert-OH is 1. The second kappa shape index (κ2) is 5.32. The number of rotatable bonds is 5. The van der Waals surface area contributed by atoms with Crippen molar-refractivity contribution in [3.8, 4) is 0 Å². The number of amides is 1. The van der Waals surface area contributed by atoms with Gasteiger partial charge in [-0.3, -0.25) is 4.79 Å². The highest BCUT2D eigenvalue weighted by Crippen LogP contribution is 2.61. The second-order valence-corrected chi connectivity index (χ2v) is 8.05. The smallest absolute Gasteiger partial charge is 0.222 e. The maximum absolute atomic E-state index is 12.5. The number of carbonyl (C=O) groups excluding carboxylic acids is 1. The van der Waals surface area contributed by atoms with Gasteiger partial charge in [-0.15, -0.1) is 0 Å². The highest BCUT2D eigenvalue weighted by molar-refractivity contribution is 5.76. The van der Waals surface area contributed by atoms with Crippen molar-refractivity contribution in [1.29, 1.82) is 0 Å². The van der Waals surface area contributed by atoms with Crippen molar-refractivity contribution < 1.29 is 9.90 Å². The van der Waals surface area contributed by atoms with E-state index in [0.29, 0.717) is 24.3 Å². The first-order valence-electron chi connectivity index (χ1n) is 8.38. The summed E-state index contributed by atoms with van der Waals surface area (Å²) in [6.45, 7) is 2.47. The van der Waals surface area contributed by atoms with Crippen LogP contribution in [0.3, 0.4) is 0 Å². The molecule has 114 valence electrons. The molecular formula is C17H29NO2. The summed E-state index contributed by atoms with van der Waals surface area (Å²) in [6, 6.07) is 0. The highest BCUT2D eigenvalue weighted by Gasteiger charge is 2.51. The van der Waals surface area contributed by atoms with Crippen molar-refractivity contribution in [2.24, 2.45) is 23.2 Å². The quantitative estimate of drug-likeness (QED) is 0.840. The second-order valence-electron chi connectivity index (χ2n) is 8.05. The van der Waals surface area contributed by atoms with Crippen molar-refractivity contribution in [3.63, 3.8) is 0 Å². The lowest BCUT2D eigenvalue weighted by Gasteiger charge is -2.56. The van der Waals surface area contributed by atoms with E-state index in [2.05, 4.69) is 0 Å². The topological polar surface area (TPSA) is 40.5 Å². The standard InChI is InChI=1S/C17H29NO2/c1-12(19)3-4-18(2)16(20)11-17-8-13-5-14(9-17)7-15(6-13)10-17/h12-15,19H,3-11H2,1-2H3. The van der Waals surface area contributed by atoms with Crippen LogP contribution in [0.15, 0.2) is 0 Å². The van der Waals surface area contributed by atoms with Gasteiger partial charge in [0, 0.05) is 20.0 Å². The molecule has 0 heterocycles. The van der Waals surface area contributed by atoms with E-state index in [1.54, 1.807) is 6.92 Å². The fourth-order valence-corrected chi connectivity index (χ4v) is 5.47. The molecule has 0 aliphatic heterocycles. The monoisotopic (exact) mass is 279 g/mol. The number of hydrogen-bond donors (Lipinski definition) is 1. The zero-order chi connectivity index (χ0) is 14.3. The molecule has 20 heavy (non-hydrogen) atoms. The largest absolute Gasteiger partial charge is 0.393 e. The molecule has 0 spiro atoms. The molecule has 1 amide bonds. The van der Waals surface area contributed by atoms with E-state index in [4.69, 9.17) is 0 Å². The molecular weight excluding hydrogens is 250 g/mol. The summed E-state index contributed by atoms with van der Waals surface area (Å²) in [4.78, 5) is 14.3. The van der Waals surface area contributed by atoms with Crippen molar-refractivity contribution >= 4 is 5.91 Å². The number of hydrogen-bond acceptors (Lipinski definition) is 2. The maximum Gasteiger partial charge on any atom is 0.222 e. The van der Waals surface area contributed by atoms with E-state index < -0.39 is 0 Å². The molecule has 0 radical (unpaired) electrons. The van der Waals surface area contributed by atoms with E-state index >= 15 is 0 Å². The van der Waals surface area contributed by atoms with Crippen LogP contribution in [-0.4, -0.2) is 35.6 Å². The van der Waals surface area contributed by atoms with Crippen LogP contribution in [0.2, 0.25) is 0 Å². The zero-order valence-corrected chi connectivity index (χ0v) is 13.0. The maximum atomic E-state index is 12.5. The van der Waals surface area contributed by atoms with E-state index in [1.807, 2.05) is 11.9 Å². The molecule has 0 aromatic carbocycles. The summed E-state index contributed by atoms with van der Waals surface area (Å²) in [5, 5.41) is 9.35. The van der Waals surface area contributed by atoms with Crippen LogP contribution in [0.25, 0.3) is 0 Å². The lowest BCUT2D eigenvalue weighted by molar-refractivity contribution is -0.138. The minimum atomic E-state index is -0.315. The molecule has 1 N–H and O–H groups in total. The van der Waals surface area contributed by atoms with Crippen molar-refractivity contribution in [1.82, 2.24) is 4.90 Å². The van der Waals surface area contributed by atoms with Crippen LogP contribution < -0.4 is 0 Å². The minimum absolute atomic E-state index is 0.299. The fourth-order valence-electron chi connectivity index (χ4n) is 5.47. The first kappa shape index (κ1) is 14.4. The lowest BCUT2D eigenvalue weighted by Crippen LogP contribution is -2.48. The van der Waals surface area contributed by atoms with Crippen molar-refractivity contribution in [2.45, 2.75) is 64.4 Å². The Hall–Kier alpha value is -0.570. The highest BCUT2D eigenvalue weighted by atomic mass is 16.3. The van der Waals surface area contributed by atoms with E-state index in [-0.39, 0.29) is 6.10 Å². The fraction of sp³-hybridized carbons (Fsp3) is 0.941. The Morgan fingerprint density at radius 3 is 2.15 bits per heavy atom. The summed E-state index contributed by atoms with van der Waals surface area (Å²) < 4.78 is 0. The Morgan fingerprint density at radius 2 is 1.70 bits per heavy atom. The van der Waals surface area contributed by atoms with Gasteiger partial charge in [0.15, 0.2) is 0 Å². The molecule has 4 fully saturated rings. The number of nitrogens with zero attached hydrogens (tertiary/aromatic N) is 1. The van der Waals surface area contributed by atoms with Crippen LogP contribution >= 0.6 is 0 Å². The molecule has 4 saturated carbocycles. The predicted octanol–water partition coefficient (Wildman–Crippen LogP) is 2.82. The molecule has 0 saturated heterocycles. The first-order chi connectivity index (χ1) is 9.46. The summed E-state index contributed by atoms with van der Waals surface area (Å²) in [7, 11) is 1.89. The SMILES string of the molecule is CC(O)CCN(C)C(=O)CC12CC3CC(CC(C3)C1)C2. The Bertz CT molecular complexity index is 342. The number of carbonyl (C=O) groups is 1. The third-order valence-electron chi connectivity index (χ3n) is 6.00. The van der Waals surface area contributed by atoms with Gasteiger partial charge < -0.3 is 10.0 Å². The predicted molar refractivity (Wildman–Crippen MR) is 79.2 cm³/mol. The van der Waals surface area contributed by atoms with Gasteiger partial charge in [-0.25, -0.2) is 0 Å². The van der Waals surface area contributed by atoms with Crippen LogP contribution in [0.4, 0.5) is 0 Å². The molecule has 1 atom stereocenters. The Morgan fingerprint density at radius 1 is 1.20 bits per heavy atom. The van der Waals surface area contributed by atoms with Gasteiger partial charge in [0.25, 0.3) is 0 Å². The first-order valence-corrected chi connectivity index (χ1v) is 8.38. The lowest BCUT2D eigenvalue weighted by atomic mass is 9.49. The Kier molecular flexibility index (Phi) is 3.83. The van der Waals surface area contributed by atoms with Gasteiger partial charge in [0.2, 0.25) is 5.91 Å². The third-order valence-corrected chi connectivity index (χ3v) is 6.00. The summed E-state index contributed by atoms with van der Waals surface area (Å²) in [5.74, 6) is 3.04. The molecule has 1 unspecified atom stereocenters. The third kappa shape index (κ3) is 2.88. The zero-order valence-electron chi connectivity index (χ0n) is 13.0. The van der Waals surface area contributed by atoms with E-state index in [9.17, 15) is 9.90 Å². The van der Waals surface area contributed by atoms with Crippen LogP contribution in [0.5, 0.6) is 0 Å². The van der Waals surface area contributed by atoms with Gasteiger partial charge in [-0.1, -0.05) is 0 Å².